The molecule has 25 heavy (non-hydrogen) atoms. The van der Waals surface area contributed by atoms with Crippen molar-refractivity contribution in [1.29, 1.82) is 0 Å². The summed E-state index contributed by atoms with van der Waals surface area (Å²) in [6.45, 7) is 0. The van der Waals surface area contributed by atoms with Crippen molar-refractivity contribution in [2.75, 3.05) is 0 Å². The van der Waals surface area contributed by atoms with E-state index in [0.29, 0.717) is 24.4 Å². The Labute approximate surface area is 161 Å². The molecule has 2 N–H and O–H groups in total. The van der Waals surface area contributed by atoms with Crippen LogP contribution in [0.3, 0.4) is 0 Å². The molecule has 1 aromatic rings. The number of amides is 1. The third-order valence-electron chi connectivity index (χ3n) is 6.28. The lowest BCUT2D eigenvalue weighted by Crippen LogP contribution is -2.45. The summed E-state index contributed by atoms with van der Waals surface area (Å²) in [4.78, 5) is 12.8. The van der Waals surface area contributed by atoms with E-state index in [1.807, 2.05) is 12.1 Å². The number of halogens is 2. The van der Waals surface area contributed by atoms with E-state index in [0.717, 1.165) is 30.7 Å². The van der Waals surface area contributed by atoms with Gasteiger partial charge in [0.1, 0.15) is 0 Å². The van der Waals surface area contributed by atoms with E-state index in [1.165, 1.54) is 31.2 Å². The zero-order valence-electron chi connectivity index (χ0n) is 14.6. The molecule has 3 nitrogen and oxygen atoms in total. The lowest BCUT2D eigenvalue weighted by atomic mass is 9.86. The Morgan fingerprint density at radius 3 is 2.32 bits per heavy atom. The van der Waals surface area contributed by atoms with Gasteiger partial charge in [-0.25, -0.2) is 0 Å². The number of piperidine rings is 1. The van der Waals surface area contributed by atoms with E-state index in [2.05, 4.69) is 22.8 Å². The summed E-state index contributed by atoms with van der Waals surface area (Å²) >= 11 is 6.04. The lowest BCUT2D eigenvalue weighted by Gasteiger charge is -2.33. The van der Waals surface area contributed by atoms with Gasteiger partial charge in [0.25, 0.3) is 0 Å². The summed E-state index contributed by atoms with van der Waals surface area (Å²) in [6, 6.07) is 9.34. The molecule has 2 unspecified atom stereocenters. The normalized spacial score (nSPS) is 29.9. The Morgan fingerprint density at radius 2 is 1.72 bits per heavy atom. The molecule has 2 bridgehead atoms. The van der Waals surface area contributed by atoms with Gasteiger partial charge in [0.15, 0.2) is 0 Å². The first kappa shape index (κ1) is 19.0. The van der Waals surface area contributed by atoms with Gasteiger partial charge in [-0.05, 0) is 62.1 Å². The molecule has 2 aliphatic heterocycles. The van der Waals surface area contributed by atoms with Gasteiger partial charge in [-0.3, -0.25) is 4.79 Å². The number of nitrogens with one attached hydrogen (secondary N) is 2. The number of carbonyl (C=O) groups excluding carboxylic acids is 1. The zero-order valence-corrected chi connectivity index (χ0v) is 16.2. The molecule has 0 aromatic heterocycles. The fourth-order valence-corrected chi connectivity index (χ4v) is 5.28. The van der Waals surface area contributed by atoms with Crippen molar-refractivity contribution >= 4 is 29.9 Å². The van der Waals surface area contributed by atoms with Crippen molar-refractivity contribution in [3.8, 4) is 0 Å². The average molecular weight is 383 g/mol. The highest BCUT2D eigenvalue weighted by atomic mass is 35.5. The second-order valence-corrected chi connectivity index (χ2v) is 8.46. The molecule has 1 aromatic carbocycles. The predicted octanol–water partition coefficient (Wildman–Crippen LogP) is 4.57. The van der Waals surface area contributed by atoms with E-state index >= 15 is 0 Å². The molecule has 5 heteroatoms. The quantitative estimate of drug-likeness (QED) is 0.800. The van der Waals surface area contributed by atoms with Crippen molar-refractivity contribution in [2.24, 2.45) is 5.92 Å². The van der Waals surface area contributed by atoms with Crippen LogP contribution in [-0.2, 0) is 10.3 Å². The summed E-state index contributed by atoms with van der Waals surface area (Å²) in [5.41, 5.74) is 1.04. The van der Waals surface area contributed by atoms with Crippen LogP contribution in [0.1, 0.15) is 63.4 Å². The van der Waals surface area contributed by atoms with Crippen LogP contribution in [0.25, 0.3) is 0 Å². The van der Waals surface area contributed by atoms with Crippen LogP contribution < -0.4 is 10.6 Å². The highest BCUT2D eigenvalue weighted by Gasteiger charge is 2.39. The number of benzene rings is 1. The Balaban J connectivity index is 0.00000182. The summed E-state index contributed by atoms with van der Waals surface area (Å²) in [7, 11) is 0. The molecule has 2 heterocycles. The van der Waals surface area contributed by atoms with Gasteiger partial charge in [0.2, 0.25) is 5.91 Å². The van der Waals surface area contributed by atoms with Crippen molar-refractivity contribution < 1.29 is 4.79 Å². The minimum absolute atomic E-state index is 0. The Hall–Kier alpha value is -0.770. The molecule has 2 atom stereocenters. The molecule has 1 aliphatic carbocycles. The molecule has 4 rings (SSSR count). The van der Waals surface area contributed by atoms with E-state index in [-0.39, 0.29) is 23.9 Å². The van der Waals surface area contributed by atoms with Gasteiger partial charge in [0, 0.05) is 23.5 Å². The second-order valence-electron chi connectivity index (χ2n) is 8.02. The van der Waals surface area contributed by atoms with E-state index in [4.69, 9.17) is 11.6 Å². The van der Waals surface area contributed by atoms with Gasteiger partial charge in [-0.2, -0.15) is 0 Å². The summed E-state index contributed by atoms with van der Waals surface area (Å²) in [6.07, 6.45) is 10.0. The number of carbonyl (C=O) groups is 1. The maximum absolute atomic E-state index is 12.8. The van der Waals surface area contributed by atoms with Gasteiger partial charge < -0.3 is 10.6 Å². The minimum atomic E-state index is -0.173. The zero-order chi connectivity index (χ0) is 16.6. The third kappa shape index (κ3) is 4.15. The Kier molecular flexibility index (Phi) is 5.97. The lowest BCUT2D eigenvalue weighted by molar-refractivity contribution is -0.124. The highest BCUT2D eigenvalue weighted by Crippen LogP contribution is 2.40. The standard InChI is InChI=1S/C20H27ClN2O.ClH/c21-16-5-3-15(4-6-16)20(9-1-2-10-20)23-19(24)13-14-11-17-7-8-18(12-14)22-17;/h3-6,14,17-18,22H,1-2,7-13H2,(H,23,24);1H. The number of hydrogen-bond donors (Lipinski definition) is 2. The Bertz CT molecular complexity index is 586. The molecule has 3 aliphatic rings. The second kappa shape index (κ2) is 7.85. The molecule has 1 saturated carbocycles. The van der Waals surface area contributed by atoms with Crippen molar-refractivity contribution in [3.05, 3.63) is 34.9 Å². The summed E-state index contributed by atoms with van der Waals surface area (Å²) in [5, 5.41) is 7.84. The largest absolute Gasteiger partial charge is 0.347 e. The Morgan fingerprint density at radius 1 is 1.12 bits per heavy atom. The molecule has 3 fully saturated rings. The van der Waals surface area contributed by atoms with Crippen LogP contribution >= 0.6 is 24.0 Å². The van der Waals surface area contributed by atoms with E-state index < -0.39 is 0 Å². The third-order valence-corrected chi connectivity index (χ3v) is 6.53. The molecule has 138 valence electrons. The monoisotopic (exact) mass is 382 g/mol. The molecule has 0 radical (unpaired) electrons. The maximum Gasteiger partial charge on any atom is 0.220 e. The fourth-order valence-electron chi connectivity index (χ4n) is 5.16. The molecule has 2 saturated heterocycles. The van der Waals surface area contributed by atoms with Crippen LogP contribution in [-0.4, -0.2) is 18.0 Å². The van der Waals surface area contributed by atoms with Gasteiger partial charge in [-0.1, -0.05) is 36.6 Å². The van der Waals surface area contributed by atoms with Gasteiger partial charge in [0.05, 0.1) is 5.54 Å². The molecular weight excluding hydrogens is 355 g/mol. The van der Waals surface area contributed by atoms with Crippen LogP contribution in [0.15, 0.2) is 24.3 Å². The van der Waals surface area contributed by atoms with Crippen molar-refractivity contribution in [2.45, 2.75) is 75.4 Å². The predicted molar refractivity (Wildman–Crippen MR) is 104 cm³/mol. The van der Waals surface area contributed by atoms with E-state index in [1.54, 1.807) is 0 Å². The first-order chi connectivity index (χ1) is 11.6. The van der Waals surface area contributed by atoms with Crippen LogP contribution in [0, 0.1) is 5.92 Å². The number of rotatable bonds is 4. The van der Waals surface area contributed by atoms with Crippen molar-refractivity contribution in [1.82, 2.24) is 10.6 Å². The summed E-state index contributed by atoms with van der Waals surface area (Å²) < 4.78 is 0. The van der Waals surface area contributed by atoms with Crippen LogP contribution in [0.4, 0.5) is 0 Å². The van der Waals surface area contributed by atoms with Gasteiger partial charge >= 0.3 is 0 Å². The van der Waals surface area contributed by atoms with Gasteiger partial charge in [-0.15, -0.1) is 12.4 Å². The summed E-state index contributed by atoms with van der Waals surface area (Å²) in [5.74, 6) is 0.783. The van der Waals surface area contributed by atoms with Crippen LogP contribution in [0.5, 0.6) is 0 Å². The average Bonchev–Trinajstić information content (AvgIpc) is 3.15. The minimum Gasteiger partial charge on any atom is -0.347 e. The smallest absolute Gasteiger partial charge is 0.220 e. The number of hydrogen-bond acceptors (Lipinski definition) is 2. The maximum atomic E-state index is 12.8. The SMILES string of the molecule is Cl.O=C(CC1CC2CCC(C1)N2)NC1(c2ccc(Cl)cc2)CCCC1. The first-order valence-corrected chi connectivity index (χ1v) is 9.84. The fraction of sp³-hybridized carbons (Fsp3) is 0.650. The van der Waals surface area contributed by atoms with E-state index in [9.17, 15) is 4.79 Å². The first-order valence-electron chi connectivity index (χ1n) is 9.46. The molecule has 0 spiro atoms. The highest BCUT2D eigenvalue weighted by molar-refractivity contribution is 6.30. The molecule has 1 amide bonds. The van der Waals surface area contributed by atoms with Crippen molar-refractivity contribution in [3.63, 3.8) is 0 Å². The number of fused-ring (bicyclic) bond motifs is 2. The van der Waals surface area contributed by atoms with Crippen LogP contribution in [0.2, 0.25) is 5.02 Å². The topological polar surface area (TPSA) is 41.1 Å². The molecular formula is C20H28Cl2N2O.